The van der Waals surface area contributed by atoms with Gasteiger partial charge in [-0.2, -0.15) is 0 Å². The van der Waals surface area contributed by atoms with Crippen molar-refractivity contribution in [1.82, 2.24) is 5.32 Å². The number of hydrogen-bond acceptors (Lipinski definition) is 3. The Morgan fingerprint density at radius 1 is 1.41 bits per heavy atom. The number of carbonyl (C=O) groups excluding carboxylic acids is 1. The summed E-state index contributed by atoms with van der Waals surface area (Å²) < 4.78 is 5.43. The minimum Gasteiger partial charge on any atom is -0.463 e. The molecule has 17 heavy (non-hydrogen) atoms. The van der Waals surface area contributed by atoms with Gasteiger partial charge >= 0.3 is 5.97 Å². The van der Waals surface area contributed by atoms with Crippen LogP contribution in [0.4, 0.5) is 0 Å². The largest absolute Gasteiger partial charge is 0.463 e. The molecular formula is C14H27NO2. The molecule has 1 saturated heterocycles. The summed E-state index contributed by atoms with van der Waals surface area (Å²) in [5.41, 5.74) is 0. The van der Waals surface area contributed by atoms with Crippen LogP contribution in [0.1, 0.15) is 58.8 Å². The van der Waals surface area contributed by atoms with E-state index in [-0.39, 0.29) is 12.1 Å². The van der Waals surface area contributed by atoms with Crippen molar-refractivity contribution >= 4 is 5.97 Å². The number of hydrogen-bond donors (Lipinski definition) is 1. The van der Waals surface area contributed by atoms with Gasteiger partial charge in [-0.3, -0.25) is 4.79 Å². The van der Waals surface area contributed by atoms with Crippen LogP contribution in [0.5, 0.6) is 0 Å². The maximum atomic E-state index is 11.6. The monoisotopic (exact) mass is 241 g/mol. The van der Waals surface area contributed by atoms with Crippen molar-refractivity contribution in [3.63, 3.8) is 0 Å². The van der Waals surface area contributed by atoms with Crippen molar-refractivity contribution < 1.29 is 9.53 Å². The van der Waals surface area contributed by atoms with Gasteiger partial charge in [0, 0.05) is 6.42 Å². The average Bonchev–Trinajstić information content (AvgIpc) is 2.77. The predicted molar refractivity (Wildman–Crippen MR) is 69.9 cm³/mol. The molecule has 0 saturated carbocycles. The molecule has 1 heterocycles. The quantitative estimate of drug-likeness (QED) is 0.524. The van der Waals surface area contributed by atoms with Gasteiger partial charge in [-0.25, -0.2) is 0 Å². The Kier molecular flexibility index (Phi) is 7.25. The molecule has 0 radical (unpaired) electrons. The lowest BCUT2D eigenvalue weighted by atomic mass is 10.1. The summed E-state index contributed by atoms with van der Waals surface area (Å²) in [5.74, 6) is 0.483. The van der Waals surface area contributed by atoms with E-state index in [1.807, 2.05) is 6.92 Å². The highest BCUT2D eigenvalue weighted by molar-refractivity contribution is 5.69. The Morgan fingerprint density at radius 2 is 2.24 bits per heavy atom. The van der Waals surface area contributed by atoms with Crippen LogP contribution in [0.25, 0.3) is 0 Å². The topological polar surface area (TPSA) is 38.3 Å². The molecule has 3 heteroatoms. The van der Waals surface area contributed by atoms with E-state index in [2.05, 4.69) is 12.2 Å². The highest BCUT2D eigenvalue weighted by Gasteiger charge is 2.19. The lowest BCUT2D eigenvalue weighted by Gasteiger charge is -2.14. The Labute approximate surface area is 105 Å². The molecule has 0 spiro atoms. The Bertz CT molecular complexity index is 212. The summed E-state index contributed by atoms with van der Waals surface area (Å²) in [6.07, 6.45) is 7.77. The van der Waals surface area contributed by atoms with Crippen LogP contribution in [0, 0.1) is 5.92 Å². The van der Waals surface area contributed by atoms with Crippen molar-refractivity contribution in [2.24, 2.45) is 5.92 Å². The molecule has 1 aliphatic rings. The van der Waals surface area contributed by atoms with Gasteiger partial charge in [0.25, 0.3) is 0 Å². The van der Waals surface area contributed by atoms with Crippen LogP contribution >= 0.6 is 0 Å². The first-order valence-electron chi connectivity index (χ1n) is 7.12. The molecule has 3 nitrogen and oxygen atoms in total. The first kappa shape index (κ1) is 14.5. The van der Waals surface area contributed by atoms with Gasteiger partial charge < -0.3 is 10.1 Å². The van der Waals surface area contributed by atoms with Gasteiger partial charge in [0.1, 0.15) is 0 Å². The van der Waals surface area contributed by atoms with E-state index in [0.29, 0.717) is 12.3 Å². The molecule has 0 aromatic heterocycles. The maximum Gasteiger partial charge on any atom is 0.306 e. The summed E-state index contributed by atoms with van der Waals surface area (Å²) in [5, 5.41) is 3.27. The van der Waals surface area contributed by atoms with Gasteiger partial charge in [0.2, 0.25) is 0 Å². The smallest absolute Gasteiger partial charge is 0.306 e. The molecule has 2 atom stereocenters. The Morgan fingerprint density at radius 3 is 2.88 bits per heavy atom. The lowest BCUT2D eigenvalue weighted by Crippen LogP contribution is -2.19. The second kappa shape index (κ2) is 8.51. The number of esters is 1. The van der Waals surface area contributed by atoms with E-state index >= 15 is 0 Å². The van der Waals surface area contributed by atoms with Crippen LogP contribution in [0.15, 0.2) is 0 Å². The van der Waals surface area contributed by atoms with Gasteiger partial charge in [-0.05, 0) is 45.2 Å². The van der Waals surface area contributed by atoms with Gasteiger partial charge in [0.15, 0.2) is 0 Å². The molecular weight excluding hydrogens is 214 g/mol. The third kappa shape index (κ3) is 6.67. The van der Waals surface area contributed by atoms with E-state index < -0.39 is 0 Å². The van der Waals surface area contributed by atoms with Crippen molar-refractivity contribution in [3.8, 4) is 0 Å². The zero-order valence-corrected chi connectivity index (χ0v) is 11.3. The average molecular weight is 241 g/mol. The van der Waals surface area contributed by atoms with E-state index in [4.69, 9.17) is 4.74 Å². The van der Waals surface area contributed by atoms with Crippen LogP contribution in [-0.4, -0.2) is 25.2 Å². The number of nitrogens with one attached hydrogen (secondary N) is 1. The molecule has 100 valence electrons. The maximum absolute atomic E-state index is 11.6. The normalized spacial score (nSPS) is 21.4. The molecule has 0 amide bonds. The number of carbonyl (C=O) groups is 1. The third-order valence-corrected chi connectivity index (χ3v) is 3.41. The van der Waals surface area contributed by atoms with Crippen molar-refractivity contribution in [2.45, 2.75) is 64.9 Å². The summed E-state index contributed by atoms with van der Waals surface area (Å²) in [6, 6.07) is 0. The van der Waals surface area contributed by atoms with E-state index in [0.717, 1.165) is 25.9 Å². The first-order valence-corrected chi connectivity index (χ1v) is 7.12. The van der Waals surface area contributed by atoms with Crippen molar-refractivity contribution in [2.75, 3.05) is 13.1 Å². The zero-order valence-electron chi connectivity index (χ0n) is 11.3. The van der Waals surface area contributed by atoms with E-state index in [9.17, 15) is 4.79 Å². The molecule has 0 aromatic carbocycles. The third-order valence-electron chi connectivity index (χ3n) is 3.41. The fourth-order valence-electron chi connectivity index (χ4n) is 2.31. The standard InChI is InChI=1S/C14H27NO2/c1-3-4-5-6-7-12(2)17-14(16)10-13-8-9-15-11-13/h12-13,15H,3-11H2,1-2H3. The van der Waals surface area contributed by atoms with E-state index in [1.165, 1.54) is 25.7 Å². The molecule has 1 aliphatic heterocycles. The first-order chi connectivity index (χ1) is 8.22. The van der Waals surface area contributed by atoms with Gasteiger partial charge in [0.05, 0.1) is 6.10 Å². The molecule has 1 N–H and O–H groups in total. The van der Waals surface area contributed by atoms with Crippen LogP contribution in [0.3, 0.4) is 0 Å². The fourth-order valence-corrected chi connectivity index (χ4v) is 2.31. The van der Waals surface area contributed by atoms with Gasteiger partial charge in [-0.15, -0.1) is 0 Å². The Balaban J connectivity index is 2.03. The van der Waals surface area contributed by atoms with Crippen molar-refractivity contribution in [3.05, 3.63) is 0 Å². The highest BCUT2D eigenvalue weighted by atomic mass is 16.5. The zero-order chi connectivity index (χ0) is 12.5. The second-order valence-electron chi connectivity index (χ2n) is 5.21. The minimum absolute atomic E-state index is 0.0123. The number of unbranched alkanes of at least 4 members (excludes halogenated alkanes) is 3. The number of ether oxygens (including phenoxy) is 1. The lowest BCUT2D eigenvalue weighted by molar-refractivity contribution is -0.149. The molecule has 2 unspecified atom stereocenters. The summed E-state index contributed by atoms with van der Waals surface area (Å²) in [6.45, 7) is 6.24. The van der Waals surface area contributed by atoms with Crippen LogP contribution in [0.2, 0.25) is 0 Å². The molecule has 0 bridgehead atoms. The van der Waals surface area contributed by atoms with Crippen molar-refractivity contribution in [1.29, 1.82) is 0 Å². The molecule has 0 aromatic rings. The molecule has 0 aliphatic carbocycles. The fraction of sp³-hybridized carbons (Fsp3) is 0.929. The summed E-state index contributed by atoms with van der Waals surface area (Å²) in [4.78, 5) is 11.6. The minimum atomic E-state index is -0.0123. The van der Waals surface area contributed by atoms with Gasteiger partial charge in [-0.1, -0.05) is 26.2 Å². The number of rotatable bonds is 8. The summed E-state index contributed by atoms with van der Waals surface area (Å²) >= 11 is 0. The SMILES string of the molecule is CCCCCCC(C)OC(=O)CC1CCNC1. The van der Waals surface area contributed by atoms with Crippen LogP contribution < -0.4 is 5.32 Å². The van der Waals surface area contributed by atoms with Crippen LogP contribution in [-0.2, 0) is 9.53 Å². The highest BCUT2D eigenvalue weighted by Crippen LogP contribution is 2.15. The summed E-state index contributed by atoms with van der Waals surface area (Å²) in [7, 11) is 0. The second-order valence-corrected chi connectivity index (χ2v) is 5.21. The molecule has 1 rings (SSSR count). The predicted octanol–water partition coefficient (Wildman–Crippen LogP) is 2.89. The molecule has 1 fully saturated rings. The Hall–Kier alpha value is -0.570. The van der Waals surface area contributed by atoms with E-state index in [1.54, 1.807) is 0 Å².